The molecule has 242 valence electrons. The smallest absolute Gasteiger partial charge is 0.407 e. The first kappa shape index (κ1) is 31.0. The molecule has 2 saturated heterocycles. The van der Waals surface area contributed by atoms with Crippen molar-refractivity contribution in [1.82, 2.24) is 14.6 Å². The number of alkyl carbamates (subject to hydrolysis) is 1. The summed E-state index contributed by atoms with van der Waals surface area (Å²) in [6.45, 7) is 5.80. The molecule has 1 amide bonds. The zero-order chi connectivity index (χ0) is 31.1. The van der Waals surface area contributed by atoms with E-state index in [0.29, 0.717) is 37.1 Å². The largest absolute Gasteiger partial charge is 0.445 e. The first-order valence-corrected chi connectivity index (χ1v) is 18.0. The predicted molar refractivity (Wildman–Crippen MR) is 173 cm³/mol. The van der Waals surface area contributed by atoms with Crippen LogP contribution in [-0.4, -0.2) is 81.6 Å². The Bertz CT molecular complexity index is 1520. The highest BCUT2D eigenvalue weighted by Gasteiger charge is 2.56. The Morgan fingerprint density at radius 2 is 1.93 bits per heavy atom. The summed E-state index contributed by atoms with van der Waals surface area (Å²) in [5.41, 5.74) is 1.85. The van der Waals surface area contributed by atoms with E-state index in [0.717, 1.165) is 27.3 Å². The molecule has 8 atom stereocenters. The van der Waals surface area contributed by atoms with Crippen molar-refractivity contribution in [2.24, 2.45) is 23.7 Å². The molecule has 2 aromatic carbocycles. The number of amides is 1. The SMILES string of the molecule is CC(C)CN(C[C@@H](O)[C@H](Cc1ccccc1)NC(=O)OC1C2COC3OC[C@@H]1C3C2)S(=O)c1ccc2nc(NC3CC3)sc2c1. The third kappa shape index (κ3) is 7.06. The molecule has 7 rings (SSSR count). The average Bonchev–Trinajstić information content (AvgIpc) is 3.48. The maximum absolute atomic E-state index is 14.0. The molecule has 2 aliphatic heterocycles. The number of anilines is 1. The van der Waals surface area contributed by atoms with Gasteiger partial charge < -0.3 is 30.0 Å². The van der Waals surface area contributed by atoms with Crippen LogP contribution in [0, 0.1) is 23.7 Å². The highest BCUT2D eigenvalue weighted by molar-refractivity contribution is 7.82. The van der Waals surface area contributed by atoms with Crippen LogP contribution in [0.5, 0.6) is 0 Å². The lowest BCUT2D eigenvalue weighted by molar-refractivity contribution is -0.169. The molecule has 3 aromatic rings. The van der Waals surface area contributed by atoms with Crippen molar-refractivity contribution >= 4 is 43.8 Å². The average molecular weight is 655 g/mol. The first-order valence-electron chi connectivity index (χ1n) is 16.1. The van der Waals surface area contributed by atoms with Gasteiger partial charge in [-0.2, -0.15) is 0 Å². The van der Waals surface area contributed by atoms with E-state index in [4.69, 9.17) is 14.2 Å². The van der Waals surface area contributed by atoms with Gasteiger partial charge in [0.25, 0.3) is 0 Å². The molecule has 2 bridgehead atoms. The minimum atomic E-state index is -1.53. The quantitative estimate of drug-likeness (QED) is 0.245. The summed E-state index contributed by atoms with van der Waals surface area (Å²) in [6.07, 6.45) is 1.64. The molecule has 0 spiro atoms. The summed E-state index contributed by atoms with van der Waals surface area (Å²) < 4.78 is 34.4. The Morgan fingerprint density at radius 1 is 1.13 bits per heavy atom. The van der Waals surface area contributed by atoms with Crippen LogP contribution in [0.15, 0.2) is 53.4 Å². The minimum Gasteiger partial charge on any atom is -0.445 e. The third-order valence-electron chi connectivity index (χ3n) is 9.26. The number of hydrogen-bond donors (Lipinski definition) is 3. The van der Waals surface area contributed by atoms with Crippen LogP contribution >= 0.6 is 11.3 Å². The van der Waals surface area contributed by atoms with Gasteiger partial charge in [0.05, 0.1) is 40.5 Å². The van der Waals surface area contributed by atoms with Crippen LogP contribution in [0.1, 0.15) is 38.7 Å². The number of nitrogens with one attached hydrogen (secondary N) is 2. The fraction of sp³-hybridized carbons (Fsp3) is 0.576. The van der Waals surface area contributed by atoms with Crippen molar-refractivity contribution in [3.05, 3.63) is 54.1 Å². The van der Waals surface area contributed by atoms with E-state index in [9.17, 15) is 14.1 Å². The van der Waals surface area contributed by atoms with E-state index < -0.39 is 29.2 Å². The molecule has 3 N–H and O–H groups in total. The fourth-order valence-electron chi connectivity index (χ4n) is 6.89. The summed E-state index contributed by atoms with van der Waals surface area (Å²) in [5, 5.41) is 19.0. The van der Waals surface area contributed by atoms with Crippen LogP contribution in [-0.2, 0) is 31.6 Å². The Labute approximate surface area is 270 Å². The summed E-state index contributed by atoms with van der Waals surface area (Å²) in [5.74, 6) is 0.751. The first-order chi connectivity index (χ1) is 21.8. The van der Waals surface area contributed by atoms with Gasteiger partial charge in [-0.05, 0) is 55.4 Å². The van der Waals surface area contributed by atoms with Crippen LogP contribution in [0.4, 0.5) is 9.93 Å². The summed E-state index contributed by atoms with van der Waals surface area (Å²) in [7, 11) is -1.53. The lowest BCUT2D eigenvalue weighted by Gasteiger charge is -2.31. The number of thiazole rings is 1. The Hall–Kier alpha value is -2.61. The number of hydrogen-bond acceptors (Lipinski definition) is 9. The zero-order valence-electron chi connectivity index (χ0n) is 25.7. The molecule has 4 aliphatic rings. The highest BCUT2D eigenvalue weighted by atomic mass is 32.2. The molecule has 2 saturated carbocycles. The second-order valence-electron chi connectivity index (χ2n) is 13.3. The second-order valence-corrected chi connectivity index (χ2v) is 15.8. The topological polar surface area (TPSA) is 122 Å². The maximum Gasteiger partial charge on any atom is 0.407 e. The van der Waals surface area contributed by atoms with E-state index in [1.165, 1.54) is 12.8 Å². The van der Waals surface area contributed by atoms with Crippen molar-refractivity contribution in [2.75, 3.05) is 31.6 Å². The van der Waals surface area contributed by atoms with Gasteiger partial charge in [0, 0.05) is 36.9 Å². The maximum atomic E-state index is 14.0. The lowest BCUT2D eigenvalue weighted by atomic mass is 9.98. The number of aliphatic hydroxyl groups is 1. The number of aliphatic hydroxyl groups excluding tert-OH is 1. The molecule has 10 nitrogen and oxygen atoms in total. The Balaban J connectivity index is 1.06. The number of ether oxygens (including phenoxy) is 3. The van der Waals surface area contributed by atoms with Crippen LogP contribution in [0.25, 0.3) is 10.2 Å². The molecule has 12 heteroatoms. The summed E-state index contributed by atoms with van der Waals surface area (Å²) in [6, 6.07) is 15.3. The van der Waals surface area contributed by atoms with Gasteiger partial charge in [-0.3, -0.25) is 0 Å². The van der Waals surface area contributed by atoms with Gasteiger partial charge in [0.15, 0.2) is 11.4 Å². The van der Waals surface area contributed by atoms with E-state index in [-0.39, 0.29) is 42.6 Å². The van der Waals surface area contributed by atoms with Gasteiger partial charge in [-0.1, -0.05) is 55.5 Å². The number of carbonyl (C=O) groups is 1. The van der Waals surface area contributed by atoms with E-state index in [1.807, 2.05) is 48.5 Å². The molecular formula is C33H42N4O6S2. The number of aromatic nitrogens is 1. The number of fused-ring (bicyclic) bond motifs is 2. The zero-order valence-corrected chi connectivity index (χ0v) is 27.3. The third-order valence-corrected chi connectivity index (χ3v) is 11.6. The van der Waals surface area contributed by atoms with Crippen LogP contribution in [0.3, 0.4) is 0 Å². The van der Waals surface area contributed by atoms with Crippen LogP contribution < -0.4 is 10.6 Å². The van der Waals surface area contributed by atoms with Crippen molar-refractivity contribution < 1.29 is 28.3 Å². The fourth-order valence-corrected chi connectivity index (χ4v) is 9.37. The van der Waals surface area contributed by atoms with E-state index in [1.54, 1.807) is 15.6 Å². The van der Waals surface area contributed by atoms with E-state index in [2.05, 4.69) is 29.5 Å². The lowest BCUT2D eigenvalue weighted by Crippen LogP contribution is -2.51. The van der Waals surface area contributed by atoms with Gasteiger partial charge in [-0.25, -0.2) is 18.3 Å². The number of rotatable bonds is 13. The Morgan fingerprint density at radius 3 is 2.71 bits per heavy atom. The minimum absolute atomic E-state index is 0.109. The predicted octanol–water partition coefficient (Wildman–Crippen LogP) is 4.56. The van der Waals surface area contributed by atoms with Gasteiger partial charge in [0.1, 0.15) is 17.1 Å². The molecule has 1 aromatic heterocycles. The van der Waals surface area contributed by atoms with Gasteiger partial charge >= 0.3 is 6.09 Å². The van der Waals surface area contributed by atoms with Crippen molar-refractivity contribution in [3.63, 3.8) is 0 Å². The highest BCUT2D eigenvalue weighted by Crippen LogP contribution is 2.49. The molecular weight excluding hydrogens is 613 g/mol. The van der Waals surface area contributed by atoms with Gasteiger partial charge in [-0.15, -0.1) is 0 Å². The van der Waals surface area contributed by atoms with Crippen molar-refractivity contribution in [2.45, 2.75) is 75.0 Å². The number of nitrogens with zero attached hydrogens (tertiary/aromatic N) is 2. The molecule has 45 heavy (non-hydrogen) atoms. The molecule has 5 unspecified atom stereocenters. The second kappa shape index (κ2) is 13.2. The normalized spacial score (nSPS) is 27.5. The van der Waals surface area contributed by atoms with Crippen molar-refractivity contribution in [3.8, 4) is 0 Å². The standard InChI is InChI=1S/C33H42N4O6S2/c1-19(2)15-37(45(40)23-10-11-26-29(14-23)44-32(35-26)34-22-8-9-22)16-28(38)27(12-20-6-4-3-5-7-20)36-33(39)43-30-21-13-24-25(30)18-42-31(24)41-17-21/h3-7,10-11,14,19,21-22,24-25,27-28,30-31,38H,8-9,12-13,15-18H2,1-2H3,(H,34,35)(H,36,39)/t21?,24?,25-,27+,28-,30?,31?,45?/m1/s1. The summed E-state index contributed by atoms with van der Waals surface area (Å²) in [4.78, 5) is 18.7. The number of benzene rings is 2. The van der Waals surface area contributed by atoms with Crippen LogP contribution in [0.2, 0.25) is 0 Å². The molecule has 2 aliphatic carbocycles. The van der Waals surface area contributed by atoms with Crippen molar-refractivity contribution in [1.29, 1.82) is 0 Å². The van der Waals surface area contributed by atoms with Gasteiger partial charge in [0.2, 0.25) is 0 Å². The summed E-state index contributed by atoms with van der Waals surface area (Å²) >= 11 is 1.57. The Kier molecular flexibility index (Phi) is 9.13. The molecule has 3 heterocycles. The monoisotopic (exact) mass is 654 g/mol. The molecule has 0 radical (unpaired) electrons. The molecule has 4 fully saturated rings. The van der Waals surface area contributed by atoms with E-state index >= 15 is 0 Å². The number of carbonyl (C=O) groups excluding carboxylic acids is 1.